The van der Waals surface area contributed by atoms with Crippen molar-refractivity contribution < 1.29 is 28.7 Å². The number of aromatic nitrogens is 2. The Morgan fingerprint density at radius 1 is 0.868 bits per heavy atom. The molecule has 2 aromatic carbocycles. The molecule has 1 atom stereocenters. The number of nitrogens with one attached hydrogen (secondary N) is 1. The highest BCUT2D eigenvalue weighted by atomic mass is 16.5. The van der Waals surface area contributed by atoms with Gasteiger partial charge in [-0.1, -0.05) is 11.8 Å². The number of carbonyl (C=O) groups is 4. The van der Waals surface area contributed by atoms with E-state index in [1.807, 2.05) is 24.4 Å². The van der Waals surface area contributed by atoms with Gasteiger partial charge in [0.15, 0.2) is 0 Å². The summed E-state index contributed by atoms with van der Waals surface area (Å²) in [6.07, 6.45) is 6.88. The molecule has 4 amide bonds. The van der Waals surface area contributed by atoms with Crippen LogP contribution in [0.25, 0.3) is 21.9 Å². The number of hydrogen-bond donors (Lipinski definition) is 1. The van der Waals surface area contributed by atoms with Gasteiger partial charge in [-0.3, -0.25) is 44.1 Å². The summed E-state index contributed by atoms with van der Waals surface area (Å²) in [7, 11) is 5.06. The summed E-state index contributed by atoms with van der Waals surface area (Å²) in [4.78, 5) is 72.6. The number of piperazine rings is 1. The predicted octanol–water partition coefficient (Wildman–Crippen LogP) is 2.97. The van der Waals surface area contributed by atoms with Gasteiger partial charge in [-0.05, 0) is 66.7 Å². The van der Waals surface area contributed by atoms with Gasteiger partial charge in [0.2, 0.25) is 11.8 Å². The van der Waals surface area contributed by atoms with Crippen molar-refractivity contribution in [2.24, 2.45) is 7.05 Å². The van der Waals surface area contributed by atoms with Crippen molar-refractivity contribution in [3.05, 3.63) is 87.6 Å². The van der Waals surface area contributed by atoms with Gasteiger partial charge in [-0.2, -0.15) is 0 Å². The number of carbonyl (C=O) groups excluding carboxylic acids is 4. The van der Waals surface area contributed by atoms with Crippen LogP contribution in [0.2, 0.25) is 0 Å². The van der Waals surface area contributed by atoms with E-state index >= 15 is 0 Å². The minimum atomic E-state index is -0.993. The standard InChI is InChI=1S/C40H40N6O7/c1-43-23-31(27-12-13-41-22-30(27)38(43)49)26-20-34(52-2)32(35(21-26)53-3)24-45-17-15-44(16-18-45)14-6-4-5-7-25-8-9-28-29(19-25)40(51)46(39(28)50)33-10-11-36(47)42-37(33)48/h8-9,12-13,19-23,33H,4,6,10-11,14-18,24H2,1-3H3,(H,42,47,48). The fourth-order valence-electron chi connectivity index (χ4n) is 7.34. The van der Waals surface area contributed by atoms with E-state index in [1.54, 1.807) is 56.4 Å². The Kier molecular flexibility index (Phi) is 10.1. The quantitative estimate of drug-likeness (QED) is 0.156. The Morgan fingerprint density at radius 2 is 1.58 bits per heavy atom. The van der Waals surface area contributed by atoms with E-state index in [4.69, 9.17) is 9.47 Å². The number of nitrogens with zero attached hydrogens (tertiary/aromatic N) is 5. The molecule has 0 spiro atoms. The molecule has 5 heterocycles. The Hall–Kier alpha value is -5.84. The van der Waals surface area contributed by atoms with E-state index in [0.717, 1.165) is 77.6 Å². The molecule has 2 fully saturated rings. The first-order chi connectivity index (χ1) is 25.7. The molecule has 53 heavy (non-hydrogen) atoms. The first kappa shape index (κ1) is 35.6. The second-order valence-electron chi connectivity index (χ2n) is 13.5. The summed E-state index contributed by atoms with van der Waals surface area (Å²) < 4.78 is 13.3. The SMILES string of the molecule is COc1cc(-c2cn(C)c(=O)c3cnccc23)cc(OC)c1CN1CCN(CCCC#Cc2ccc3c(c2)C(=O)N(C2CCC(=O)NC2=O)C3=O)CC1. The van der Waals surface area contributed by atoms with Gasteiger partial charge in [-0.15, -0.1) is 0 Å². The molecule has 3 aliphatic heterocycles. The van der Waals surface area contributed by atoms with Crippen molar-refractivity contribution in [3.63, 3.8) is 0 Å². The van der Waals surface area contributed by atoms with Crippen molar-refractivity contribution in [2.75, 3.05) is 46.9 Å². The van der Waals surface area contributed by atoms with Crippen LogP contribution in [0.15, 0.2) is 59.8 Å². The lowest BCUT2D eigenvalue weighted by Crippen LogP contribution is -2.54. The summed E-state index contributed by atoms with van der Waals surface area (Å²) in [5.74, 6) is 5.66. The number of piperidine rings is 1. The van der Waals surface area contributed by atoms with Gasteiger partial charge in [0.25, 0.3) is 17.4 Å². The molecule has 2 aromatic heterocycles. The van der Waals surface area contributed by atoms with Crippen molar-refractivity contribution in [3.8, 4) is 34.5 Å². The average molecular weight is 717 g/mol. The largest absolute Gasteiger partial charge is 0.496 e. The van der Waals surface area contributed by atoms with Crippen LogP contribution in [0.5, 0.6) is 11.5 Å². The molecule has 1 unspecified atom stereocenters. The number of pyridine rings is 2. The zero-order valence-electron chi connectivity index (χ0n) is 29.9. The van der Waals surface area contributed by atoms with Crippen LogP contribution in [-0.2, 0) is 23.2 Å². The van der Waals surface area contributed by atoms with E-state index in [-0.39, 0.29) is 29.5 Å². The van der Waals surface area contributed by atoms with Gasteiger partial charge in [0, 0.05) is 82.3 Å². The second-order valence-corrected chi connectivity index (χ2v) is 13.5. The van der Waals surface area contributed by atoms with Gasteiger partial charge < -0.3 is 18.9 Å². The van der Waals surface area contributed by atoms with Crippen LogP contribution in [0.1, 0.15) is 57.5 Å². The van der Waals surface area contributed by atoms with Gasteiger partial charge >= 0.3 is 0 Å². The normalized spacial score (nSPS) is 17.8. The van der Waals surface area contributed by atoms with Crippen LogP contribution in [-0.4, -0.2) is 101 Å². The van der Waals surface area contributed by atoms with Crippen LogP contribution in [0, 0.1) is 11.8 Å². The Morgan fingerprint density at radius 3 is 2.30 bits per heavy atom. The molecule has 0 saturated carbocycles. The maximum atomic E-state index is 13.1. The maximum Gasteiger partial charge on any atom is 0.262 e. The molecular weight excluding hydrogens is 676 g/mol. The number of unbranched alkanes of at least 4 members (excludes halogenated alkanes) is 1. The molecule has 1 N–H and O–H groups in total. The molecule has 13 nitrogen and oxygen atoms in total. The summed E-state index contributed by atoms with van der Waals surface area (Å²) in [5.41, 5.74) is 3.75. The second kappa shape index (κ2) is 15.0. The van der Waals surface area contributed by atoms with Crippen molar-refractivity contribution in [1.82, 2.24) is 29.6 Å². The zero-order valence-corrected chi connectivity index (χ0v) is 29.9. The minimum Gasteiger partial charge on any atom is -0.496 e. The molecule has 4 aromatic rings. The van der Waals surface area contributed by atoms with Gasteiger partial charge in [-0.25, -0.2) is 0 Å². The van der Waals surface area contributed by atoms with Crippen LogP contribution in [0.3, 0.4) is 0 Å². The highest BCUT2D eigenvalue weighted by Gasteiger charge is 2.44. The smallest absolute Gasteiger partial charge is 0.262 e. The Balaban J connectivity index is 0.929. The molecule has 0 radical (unpaired) electrons. The highest BCUT2D eigenvalue weighted by molar-refractivity contribution is 6.23. The molecular formula is C40H40N6O7. The maximum absolute atomic E-state index is 13.1. The molecule has 7 rings (SSSR count). The molecule has 13 heteroatoms. The number of fused-ring (bicyclic) bond motifs is 2. The third-order valence-electron chi connectivity index (χ3n) is 10.2. The highest BCUT2D eigenvalue weighted by Crippen LogP contribution is 2.38. The van der Waals surface area contributed by atoms with Crippen LogP contribution < -0.4 is 20.3 Å². The Bertz CT molecular complexity index is 2240. The van der Waals surface area contributed by atoms with Gasteiger partial charge in [0.05, 0.1) is 36.3 Å². The van der Waals surface area contributed by atoms with Crippen LogP contribution >= 0.6 is 0 Å². The number of benzene rings is 2. The van der Waals surface area contributed by atoms with Gasteiger partial charge in [0.1, 0.15) is 17.5 Å². The summed E-state index contributed by atoms with van der Waals surface area (Å²) in [6, 6.07) is 9.78. The average Bonchev–Trinajstić information content (AvgIpc) is 3.41. The molecule has 0 aliphatic carbocycles. The third kappa shape index (κ3) is 7.03. The number of amides is 4. The van der Waals surface area contributed by atoms with Crippen molar-refractivity contribution >= 4 is 34.4 Å². The molecule has 2 saturated heterocycles. The molecule has 272 valence electrons. The summed E-state index contributed by atoms with van der Waals surface area (Å²) in [5, 5.41) is 3.58. The van der Waals surface area contributed by atoms with E-state index in [0.29, 0.717) is 23.9 Å². The first-order valence-corrected chi connectivity index (χ1v) is 17.6. The number of ether oxygens (including phenoxy) is 2. The fourth-order valence-corrected chi connectivity index (χ4v) is 7.34. The lowest BCUT2D eigenvalue weighted by molar-refractivity contribution is -0.136. The van der Waals surface area contributed by atoms with E-state index in [1.165, 1.54) is 0 Å². The monoisotopic (exact) mass is 716 g/mol. The minimum absolute atomic E-state index is 0.0769. The Labute approximate surface area is 306 Å². The lowest BCUT2D eigenvalue weighted by Gasteiger charge is -2.35. The van der Waals surface area contributed by atoms with E-state index in [2.05, 4.69) is 31.9 Å². The predicted molar refractivity (Wildman–Crippen MR) is 196 cm³/mol. The zero-order chi connectivity index (χ0) is 37.2. The summed E-state index contributed by atoms with van der Waals surface area (Å²) in [6.45, 7) is 5.18. The number of imide groups is 2. The first-order valence-electron chi connectivity index (χ1n) is 17.6. The van der Waals surface area contributed by atoms with Crippen LogP contribution in [0.4, 0.5) is 0 Å². The summed E-state index contributed by atoms with van der Waals surface area (Å²) >= 11 is 0. The number of aryl methyl sites for hydroxylation is 1. The van der Waals surface area contributed by atoms with E-state index < -0.39 is 29.7 Å². The van der Waals surface area contributed by atoms with Crippen molar-refractivity contribution in [2.45, 2.75) is 38.3 Å². The number of hydrogen-bond acceptors (Lipinski definition) is 10. The topological polar surface area (TPSA) is 143 Å². The fraction of sp³-hybridized carbons (Fsp3) is 0.350. The number of methoxy groups -OCH3 is 2. The molecule has 0 bridgehead atoms. The third-order valence-corrected chi connectivity index (χ3v) is 10.2. The van der Waals surface area contributed by atoms with Crippen molar-refractivity contribution in [1.29, 1.82) is 0 Å². The lowest BCUT2D eigenvalue weighted by atomic mass is 9.99. The molecule has 3 aliphatic rings. The van der Waals surface area contributed by atoms with E-state index in [9.17, 15) is 24.0 Å². The number of rotatable bonds is 9.